The van der Waals surface area contributed by atoms with Gasteiger partial charge in [0.15, 0.2) is 5.78 Å². The first-order valence-corrected chi connectivity index (χ1v) is 6.95. The minimum Gasteiger partial charge on any atom is -0.289 e. The zero-order valence-electron chi connectivity index (χ0n) is 10.9. The molecule has 0 atom stereocenters. The molecular weight excluding hydrogens is 256 g/mol. The Bertz CT molecular complexity index is 658. The van der Waals surface area contributed by atoms with Crippen molar-refractivity contribution in [3.05, 3.63) is 69.2 Å². The second-order valence-electron chi connectivity index (χ2n) is 5.13. The van der Waals surface area contributed by atoms with Crippen LogP contribution in [-0.4, -0.2) is 5.78 Å². The second kappa shape index (κ2) is 4.82. The van der Waals surface area contributed by atoms with Crippen molar-refractivity contribution in [3.63, 3.8) is 0 Å². The van der Waals surface area contributed by atoms with Crippen LogP contribution in [0.5, 0.6) is 0 Å². The maximum Gasteiger partial charge on any atom is 0.193 e. The van der Waals surface area contributed by atoms with E-state index in [1.807, 2.05) is 19.1 Å². The van der Waals surface area contributed by atoms with Crippen molar-refractivity contribution in [2.45, 2.75) is 26.2 Å². The standard InChI is InChI=1S/C17H15ClO/c1-11-9-14(7-8-16(11)18)17(19)15-6-5-12-3-2-4-13(12)10-15/h5-10H,2-4H2,1H3. The molecule has 0 radical (unpaired) electrons. The maximum absolute atomic E-state index is 12.5. The number of halogens is 1. The van der Waals surface area contributed by atoms with E-state index in [0.717, 1.165) is 24.0 Å². The topological polar surface area (TPSA) is 17.1 Å². The number of hydrogen-bond donors (Lipinski definition) is 0. The average molecular weight is 271 g/mol. The normalized spacial score (nSPS) is 13.4. The summed E-state index contributed by atoms with van der Waals surface area (Å²) in [6.45, 7) is 1.92. The van der Waals surface area contributed by atoms with Crippen LogP contribution in [0.15, 0.2) is 36.4 Å². The Morgan fingerprint density at radius 1 is 1.00 bits per heavy atom. The number of carbonyl (C=O) groups is 1. The van der Waals surface area contributed by atoms with Gasteiger partial charge in [-0.2, -0.15) is 0 Å². The van der Waals surface area contributed by atoms with E-state index in [-0.39, 0.29) is 5.78 Å². The lowest BCUT2D eigenvalue weighted by molar-refractivity contribution is 0.103. The van der Waals surface area contributed by atoms with Gasteiger partial charge in [0, 0.05) is 16.1 Å². The molecule has 1 nitrogen and oxygen atoms in total. The molecule has 0 fully saturated rings. The molecule has 0 N–H and O–H groups in total. The van der Waals surface area contributed by atoms with Gasteiger partial charge in [-0.05, 0) is 67.1 Å². The van der Waals surface area contributed by atoms with Crippen LogP contribution in [0.2, 0.25) is 5.02 Å². The average Bonchev–Trinajstić information content (AvgIpc) is 2.88. The molecule has 0 saturated carbocycles. The fourth-order valence-electron chi connectivity index (χ4n) is 2.67. The summed E-state index contributed by atoms with van der Waals surface area (Å²) >= 11 is 6.00. The van der Waals surface area contributed by atoms with E-state index >= 15 is 0 Å². The van der Waals surface area contributed by atoms with Gasteiger partial charge in [-0.3, -0.25) is 4.79 Å². The molecule has 0 heterocycles. The van der Waals surface area contributed by atoms with Crippen molar-refractivity contribution < 1.29 is 4.79 Å². The van der Waals surface area contributed by atoms with Crippen LogP contribution >= 0.6 is 11.6 Å². The number of hydrogen-bond acceptors (Lipinski definition) is 1. The molecule has 0 spiro atoms. The van der Waals surface area contributed by atoms with E-state index in [9.17, 15) is 4.79 Å². The van der Waals surface area contributed by atoms with Crippen LogP contribution in [0.25, 0.3) is 0 Å². The monoisotopic (exact) mass is 270 g/mol. The summed E-state index contributed by atoms with van der Waals surface area (Å²) in [7, 11) is 0. The Morgan fingerprint density at radius 3 is 2.47 bits per heavy atom. The van der Waals surface area contributed by atoms with E-state index < -0.39 is 0 Å². The number of ketones is 1. The molecule has 1 aliphatic carbocycles. The maximum atomic E-state index is 12.5. The van der Waals surface area contributed by atoms with Gasteiger partial charge >= 0.3 is 0 Å². The first-order chi connectivity index (χ1) is 9.15. The Kier molecular flexibility index (Phi) is 3.16. The van der Waals surface area contributed by atoms with Crippen molar-refractivity contribution in [2.24, 2.45) is 0 Å². The zero-order chi connectivity index (χ0) is 13.4. The lowest BCUT2D eigenvalue weighted by Crippen LogP contribution is -2.02. The highest BCUT2D eigenvalue weighted by Gasteiger charge is 2.15. The van der Waals surface area contributed by atoms with Gasteiger partial charge in [-0.15, -0.1) is 0 Å². The minimum absolute atomic E-state index is 0.0782. The van der Waals surface area contributed by atoms with Crippen molar-refractivity contribution in [3.8, 4) is 0 Å². The Hall–Kier alpha value is -1.60. The van der Waals surface area contributed by atoms with Crippen LogP contribution in [0.3, 0.4) is 0 Å². The van der Waals surface area contributed by atoms with Gasteiger partial charge in [-0.25, -0.2) is 0 Å². The predicted molar refractivity (Wildman–Crippen MR) is 78.1 cm³/mol. The number of fused-ring (bicyclic) bond motifs is 1. The number of benzene rings is 2. The van der Waals surface area contributed by atoms with Crippen LogP contribution in [0.1, 0.15) is 39.0 Å². The third-order valence-electron chi connectivity index (χ3n) is 3.78. The number of carbonyl (C=O) groups excluding carboxylic acids is 1. The molecule has 2 aromatic carbocycles. The third kappa shape index (κ3) is 2.31. The summed E-state index contributed by atoms with van der Waals surface area (Å²) in [6, 6.07) is 11.5. The zero-order valence-corrected chi connectivity index (χ0v) is 11.6. The fraction of sp³-hybridized carbons (Fsp3) is 0.235. The third-order valence-corrected chi connectivity index (χ3v) is 4.20. The molecule has 3 rings (SSSR count). The minimum atomic E-state index is 0.0782. The van der Waals surface area contributed by atoms with Crippen molar-refractivity contribution in [1.29, 1.82) is 0 Å². The summed E-state index contributed by atoms with van der Waals surface area (Å²) in [4.78, 5) is 12.5. The molecule has 2 aromatic rings. The van der Waals surface area contributed by atoms with Crippen molar-refractivity contribution in [1.82, 2.24) is 0 Å². The van der Waals surface area contributed by atoms with E-state index in [2.05, 4.69) is 12.1 Å². The van der Waals surface area contributed by atoms with Crippen molar-refractivity contribution >= 4 is 17.4 Å². The predicted octanol–water partition coefficient (Wildman–Crippen LogP) is 4.37. The van der Waals surface area contributed by atoms with Crippen LogP contribution in [0.4, 0.5) is 0 Å². The molecule has 0 aliphatic heterocycles. The molecule has 0 saturated heterocycles. The van der Waals surface area contributed by atoms with Gasteiger partial charge in [0.1, 0.15) is 0 Å². The highest BCUT2D eigenvalue weighted by molar-refractivity contribution is 6.31. The highest BCUT2D eigenvalue weighted by Crippen LogP contribution is 2.25. The second-order valence-corrected chi connectivity index (χ2v) is 5.54. The molecule has 0 unspecified atom stereocenters. The summed E-state index contributed by atoms with van der Waals surface area (Å²) in [5.41, 5.74) is 5.15. The van der Waals surface area contributed by atoms with E-state index in [4.69, 9.17) is 11.6 Å². The summed E-state index contributed by atoms with van der Waals surface area (Å²) in [6.07, 6.45) is 3.44. The van der Waals surface area contributed by atoms with E-state index in [1.54, 1.807) is 12.1 Å². The number of rotatable bonds is 2. The quantitative estimate of drug-likeness (QED) is 0.741. The van der Waals surface area contributed by atoms with Crippen LogP contribution in [0, 0.1) is 6.92 Å². The van der Waals surface area contributed by atoms with Crippen molar-refractivity contribution in [2.75, 3.05) is 0 Å². The lowest BCUT2D eigenvalue weighted by atomic mass is 9.98. The lowest BCUT2D eigenvalue weighted by Gasteiger charge is -2.06. The van der Waals surface area contributed by atoms with E-state index in [0.29, 0.717) is 10.6 Å². The van der Waals surface area contributed by atoms with Crippen LogP contribution in [-0.2, 0) is 12.8 Å². The summed E-state index contributed by atoms with van der Waals surface area (Å²) in [5, 5.41) is 0.700. The molecule has 19 heavy (non-hydrogen) atoms. The largest absolute Gasteiger partial charge is 0.289 e. The van der Waals surface area contributed by atoms with Gasteiger partial charge in [0.2, 0.25) is 0 Å². The van der Waals surface area contributed by atoms with Gasteiger partial charge in [0.25, 0.3) is 0 Å². The smallest absolute Gasteiger partial charge is 0.193 e. The molecule has 2 heteroatoms. The Labute approximate surface area is 118 Å². The van der Waals surface area contributed by atoms with E-state index in [1.165, 1.54) is 17.5 Å². The Balaban J connectivity index is 1.97. The van der Waals surface area contributed by atoms with Gasteiger partial charge < -0.3 is 0 Å². The van der Waals surface area contributed by atoms with Gasteiger partial charge in [0.05, 0.1) is 0 Å². The summed E-state index contributed by atoms with van der Waals surface area (Å²) in [5.74, 6) is 0.0782. The first-order valence-electron chi connectivity index (χ1n) is 6.58. The first kappa shape index (κ1) is 12.4. The van der Waals surface area contributed by atoms with Gasteiger partial charge in [-0.1, -0.05) is 23.7 Å². The molecule has 0 bridgehead atoms. The molecule has 0 amide bonds. The van der Waals surface area contributed by atoms with Crippen LogP contribution < -0.4 is 0 Å². The molecule has 1 aliphatic rings. The molecular formula is C17H15ClO. The number of aryl methyl sites for hydroxylation is 3. The fourth-order valence-corrected chi connectivity index (χ4v) is 2.78. The SMILES string of the molecule is Cc1cc(C(=O)c2ccc3c(c2)CCC3)ccc1Cl. The summed E-state index contributed by atoms with van der Waals surface area (Å²) < 4.78 is 0. The Morgan fingerprint density at radius 2 is 1.68 bits per heavy atom. The highest BCUT2D eigenvalue weighted by atomic mass is 35.5. The molecule has 96 valence electrons. The molecule has 0 aromatic heterocycles.